The second-order valence-electron chi connectivity index (χ2n) is 2.15. The molecule has 0 aromatic heterocycles. The zero-order valence-electron chi connectivity index (χ0n) is 11.0. The van der Waals surface area contributed by atoms with Gasteiger partial charge in [-0.25, -0.2) is 14.4 Å². The van der Waals surface area contributed by atoms with Crippen LogP contribution in [0.2, 0.25) is 0 Å². The number of hydrogen-bond donors (Lipinski definition) is 4. The Morgan fingerprint density at radius 1 is 0.947 bits per heavy atom. The molecule has 7 nitrogen and oxygen atoms in total. The van der Waals surface area contributed by atoms with Gasteiger partial charge in [0.05, 0.1) is 12.2 Å². The maximum atomic E-state index is 9.67. The van der Waals surface area contributed by atoms with Crippen molar-refractivity contribution in [1.82, 2.24) is 0 Å². The van der Waals surface area contributed by atoms with Crippen molar-refractivity contribution >= 4 is 17.9 Å². The summed E-state index contributed by atoms with van der Waals surface area (Å²) in [5.74, 6) is -3.11. The molecule has 0 aliphatic heterocycles. The van der Waals surface area contributed by atoms with Gasteiger partial charge in [0.2, 0.25) is 0 Å². The lowest BCUT2D eigenvalue weighted by Gasteiger charge is -1.87. The van der Waals surface area contributed by atoms with E-state index in [1.165, 1.54) is 0 Å². The molecule has 0 fully saturated rings. The number of rotatable bonds is 4. The Kier molecular flexibility index (Phi) is 28.0. The third-order valence-corrected chi connectivity index (χ3v) is 0.843. The summed E-state index contributed by atoms with van der Waals surface area (Å²) < 4.78 is 0. The highest BCUT2D eigenvalue weighted by molar-refractivity contribution is 5.85. The predicted molar refractivity (Wildman–Crippen MR) is 70.9 cm³/mol. The number of hydrogen-bond acceptors (Lipinski definition) is 4. The molecule has 0 saturated carbocycles. The van der Waals surface area contributed by atoms with E-state index in [-0.39, 0.29) is 5.57 Å². The Hall–Kier alpha value is -2.41. The van der Waals surface area contributed by atoms with Crippen molar-refractivity contribution in [2.45, 2.75) is 13.8 Å². The predicted octanol–water partition coefficient (Wildman–Crippen LogP) is 1.16. The highest BCUT2D eigenvalue weighted by atomic mass is 16.4. The van der Waals surface area contributed by atoms with Crippen LogP contribution in [0, 0.1) is 0 Å². The van der Waals surface area contributed by atoms with Gasteiger partial charge in [-0.3, -0.25) is 0 Å². The van der Waals surface area contributed by atoms with Crippen LogP contribution in [-0.2, 0) is 14.4 Å². The Labute approximate surface area is 111 Å². The molecule has 4 N–H and O–H groups in total. The molecule has 0 radical (unpaired) electrons. The second kappa shape index (κ2) is 20.9. The van der Waals surface area contributed by atoms with Crippen LogP contribution in [0.25, 0.3) is 0 Å². The molecular formula is C12H20O7. The fourth-order valence-electron chi connectivity index (χ4n) is 0.0676. The average molecular weight is 276 g/mol. The molecule has 0 heterocycles. The average Bonchev–Trinajstić information content (AvgIpc) is 2.41. The van der Waals surface area contributed by atoms with Gasteiger partial charge >= 0.3 is 17.9 Å². The standard InChI is InChI=1S/C4H6O3.2C3H4O2.C2H6/c1-3(2-5)4(6)7;2*1-2-3(4)5;1-2/h5H,1-2H2,(H,6,7);2*2H,1H2,(H,4,5);1-2H3. The first kappa shape index (κ1) is 25.4. The van der Waals surface area contributed by atoms with Gasteiger partial charge in [0.25, 0.3) is 0 Å². The molecular weight excluding hydrogens is 256 g/mol. The first-order chi connectivity index (χ1) is 8.72. The van der Waals surface area contributed by atoms with Crippen LogP contribution in [0.3, 0.4) is 0 Å². The van der Waals surface area contributed by atoms with Gasteiger partial charge < -0.3 is 20.4 Å². The Balaban J connectivity index is -0.0000000848. The topological polar surface area (TPSA) is 132 Å². The van der Waals surface area contributed by atoms with Crippen molar-refractivity contribution in [2.24, 2.45) is 0 Å². The Morgan fingerprint density at radius 3 is 1.16 bits per heavy atom. The second-order valence-corrected chi connectivity index (χ2v) is 2.15. The number of aliphatic hydroxyl groups excluding tert-OH is 1. The lowest BCUT2D eigenvalue weighted by atomic mass is 10.3. The minimum Gasteiger partial charge on any atom is -0.478 e. The lowest BCUT2D eigenvalue weighted by molar-refractivity contribution is -0.133. The molecule has 7 heteroatoms. The summed E-state index contributed by atoms with van der Waals surface area (Å²) in [5, 5.41) is 31.2. The van der Waals surface area contributed by atoms with Crippen LogP contribution < -0.4 is 0 Å². The van der Waals surface area contributed by atoms with Crippen molar-refractivity contribution in [3.8, 4) is 0 Å². The number of carbonyl (C=O) groups is 3. The first-order valence-corrected chi connectivity index (χ1v) is 4.95. The number of carboxylic acids is 3. The third kappa shape index (κ3) is 50.0. The fraction of sp³-hybridized carbons (Fsp3) is 0.250. The van der Waals surface area contributed by atoms with E-state index in [2.05, 4.69) is 19.7 Å². The summed E-state index contributed by atoms with van der Waals surface area (Å²) >= 11 is 0. The molecule has 0 atom stereocenters. The normalized spacial score (nSPS) is 6.68. The van der Waals surface area contributed by atoms with Crippen molar-refractivity contribution < 1.29 is 34.8 Å². The summed E-state index contributed by atoms with van der Waals surface area (Å²) in [6.45, 7) is 12.5. The molecule has 0 aliphatic carbocycles. The first-order valence-electron chi connectivity index (χ1n) is 4.95. The van der Waals surface area contributed by atoms with E-state index in [4.69, 9.17) is 20.4 Å². The molecule has 110 valence electrons. The largest absolute Gasteiger partial charge is 0.478 e. The van der Waals surface area contributed by atoms with E-state index in [0.717, 1.165) is 12.2 Å². The van der Waals surface area contributed by atoms with Crippen LogP contribution in [0.1, 0.15) is 13.8 Å². The summed E-state index contributed by atoms with van der Waals surface area (Å²) in [5.41, 5.74) is -0.181. The number of carboxylic acid groups (broad SMARTS) is 3. The van der Waals surface area contributed by atoms with E-state index in [9.17, 15) is 14.4 Å². The van der Waals surface area contributed by atoms with Crippen LogP contribution in [-0.4, -0.2) is 44.9 Å². The van der Waals surface area contributed by atoms with Crippen molar-refractivity contribution in [3.05, 3.63) is 37.5 Å². The van der Waals surface area contributed by atoms with Crippen LogP contribution in [0.5, 0.6) is 0 Å². The SMILES string of the molecule is C=C(CO)C(=O)O.C=CC(=O)O.C=CC(=O)O.CC. The highest BCUT2D eigenvalue weighted by Crippen LogP contribution is 1.83. The molecule has 0 aromatic carbocycles. The van der Waals surface area contributed by atoms with E-state index < -0.39 is 24.5 Å². The minimum atomic E-state index is -1.15. The van der Waals surface area contributed by atoms with Gasteiger partial charge in [0.15, 0.2) is 0 Å². The van der Waals surface area contributed by atoms with E-state index in [0.29, 0.717) is 0 Å². The van der Waals surface area contributed by atoms with Gasteiger partial charge in [-0.1, -0.05) is 33.6 Å². The molecule has 0 amide bonds. The molecule has 19 heavy (non-hydrogen) atoms. The number of aliphatic hydroxyl groups is 1. The van der Waals surface area contributed by atoms with Crippen LogP contribution >= 0.6 is 0 Å². The molecule has 0 rings (SSSR count). The zero-order chi connectivity index (χ0) is 16.4. The minimum absolute atomic E-state index is 0.181. The molecule has 0 unspecified atom stereocenters. The monoisotopic (exact) mass is 276 g/mol. The quantitative estimate of drug-likeness (QED) is 0.566. The van der Waals surface area contributed by atoms with Gasteiger partial charge in [-0.15, -0.1) is 0 Å². The maximum absolute atomic E-state index is 9.67. The summed E-state index contributed by atoms with van der Waals surface area (Å²) in [6, 6.07) is 0. The van der Waals surface area contributed by atoms with Crippen LogP contribution in [0.4, 0.5) is 0 Å². The lowest BCUT2D eigenvalue weighted by Crippen LogP contribution is -2.01. The van der Waals surface area contributed by atoms with Gasteiger partial charge in [-0.2, -0.15) is 0 Å². The Morgan fingerprint density at radius 2 is 1.16 bits per heavy atom. The molecule has 0 saturated heterocycles. The number of aliphatic carboxylic acids is 3. The fourth-order valence-corrected chi connectivity index (χ4v) is 0.0676. The summed E-state index contributed by atoms with van der Waals surface area (Å²) in [4.78, 5) is 28.2. The van der Waals surface area contributed by atoms with Crippen molar-refractivity contribution in [1.29, 1.82) is 0 Å². The van der Waals surface area contributed by atoms with E-state index >= 15 is 0 Å². The smallest absolute Gasteiger partial charge is 0.333 e. The molecule has 0 spiro atoms. The van der Waals surface area contributed by atoms with Gasteiger partial charge in [0.1, 0.15) is 0 Å². The highest BCUT2D eigenvalue weighted by Gasteiger charge is 1.97. The van der Waals surface area contributed by atoms with E-state index in [1.54, 1.807) is 0 Å². The third-order valence-electron chi connectivity index (χ3n) is 0.843. The van der Waals surface area contributed by atoms with Crippen molar-refractivity contribution in [3.63, 3.8) is 0 Å². The summed E-state index contributed by atoms with van der Waals surface area (Å²) in [6.07, 6.45) is 1.67. The molecule has 0 aliphatic rings. The zero-order valence-corrected chi connectivity index (χ0v) is 11.0. The summed E-state index contributed by atoms with van der Waals surface area (Å²) in [7, 11) is 0. The van der Waals surface area contributed by atoms with E-state index in [1.807, 2.05) is 13.8 Å². The van der Waals surface area contributed by atoms with Gasteiger partial charge in [0, 0.05) is 12.2 Å². The molecule has 0 aromatic rings. The van der Waals surface area contributed by atoms with Crippen molar-refractivity contribution in [2.75, 3.05) is 6.61 Å². The Bertz CT molecular complexity index is 287. The van der Waals surface area contributed by atoms with Gasteiger partial charge in [-0.05, 0) is 0 Å². The van der Waals surface area contributed by atoms with Crippen LogP contribution in [0.15, 0.2) is 37.5 Å². The molecule has 0 bridgehead atoms. The maximum Gasteiger partial charge on any atom is 0.333 e.